The first-order chi connectivity index (χ1) is 3.79. The number of amides is 1. The van der Waals surface area contributed by atoms with Gasteiger partial charge in [-0.2, -0.15) is 0 Å². The zero-order valence-corrected chi connectivity index (χ0v) is 6.07. The Labute approximate surface area is 56.8 Å². The number of carbonyl (C=O) groups is 1. The van der Waals surface area contributed by atoms with E-state index in [1.54, 1.807) is 0 Å². The number of halogens is 1. The highest BCUT2D eigenvalue weighted by molar-refractivity contribution is 9.09. The summed E-state index contributed by atoms with van der Waals surface area (Å²) in [6.45, 7) is 0.791. The van der Waals surface area contributed by atoms with Crippen molar-refractivity contribution in [2.24, 2.45) is 0 Å². The van der Waals surface area contributed by atoms with Gasteiger partial charge in [-0.05, 0) is 6.42 Å². The van der Waals surface area contributed by atoms with Crippen LogP contribution in [0.1, 0.15) is 12.8 Å². The molecule has 3 heteroatoms. The van der Waals surface area contributed by atoms with Crippen molar-refractivity contribution in [3.8, 4) is 0 Å². The topological polar surface area (TPSA) is 29.1 Å². The zero-order valence-electron chi connectivity index (χ0n) is 4.48. The molecular formula is C5H8BrNO. The molecule has 1 atom stereocenters. The van der Waals surface area contributed by atoms with Gasteiger partial charge in [0.15, 0.2) is 0 Å². The van der Waals surface area contributed by atoms with Crippen molar-refractivity contribution in [2.75, 3.05) is 6.54 Å². The van der Waals surface area contributed by atoms with Crippen LogP contribution < -0.4 is 5.32 Å². The fourth-order valence-corrected chi connectivity index (χ4v) is 1.09. The van der Waals surface area contributed by atoms with E-state index in [2.05, 4.69) is 21.2 Å². The average molecular weight is 178 g/mol. The second-order valence-electron chi connectivity index (χ2n) is 1.94. The predicted octanol–water partition coefficient (Wildman–Crippen LogP) is 0.660. The molecule has 0 bridgehead atoms. The van der Waals surface area contributed by atoms with E-state index >= 15 is 0 Å². The van der Waals surface area contributed by atoms with Crippen LogP contribution in [0.3, 0.4) is 0 Å². The summed E-state index contributed by atoms with van der Waals surface area (Å²) in [5, 5.41) is 2.75. The molecule has 0 aromatic rings. The van der Waals surface area contributed by atoms with E-state index in [0.29, 0.717) is 11.2 Å². The number of carbonyl (C=O) groups excluding carboxylic acids is 1. The first kappa shape index (κ1) is 6.08. The second kappa shape index (κ2) is 2.49. The van der Waals surface area contributed by atoms with Gasteiger partial charge in [0.1, 0.15) is 0 Å². The van der Waals surface area contributed by atoms with Crippen molar-refractivity contribution in [3.63, 3.8) is 0 Å². The van der Waals surface area contributed by atoms with Gasteiger partial charge >= 0.3 is 0 Å². The highest BCUT2D eigenvalue weighted by atomic mass is 79.9. The van der Waals surface area contributed by atoms with Gasteiger partial charge in [0.05, 0.1) is 0 Å². The number of hydrogen-bond acceptors (Lipinski definition) is 1. The third kappa shape index (κ3) is 1.47. The maximum absolute atomic E-state index is 10.5. The molecule has 1 rings (SSSR count). The van der Waals surface area contributed by atoms with Gasteiger partial charge in [-0.15, -0.1) is 0 Å². The van der Waals surface area contributed by atoms with Crippen LogP contribution in [-0.4, -0.2) is 17.3 Å². The SMILES string of the molecule is O=C1CCC(Br)CN1. The summed E-state index contributed by atoms with van der Waals surface area (Å²) in [6.07, 6.45) is 1.65. The Kier molecular flexibility index (Phi) is 1.89. The van der Waals surface area contributed by atoms with Gasteiger partial charge in [0.2, 0.25) is 5.91 Å². The molecule has 2 nitrogen and oxygen atoms in total. The van der Waals surface area contributed by atoms with E-state index < -0.39 is 0 Å². The lowest BCUT2D eigenvalue weighted by Gasteiger charge is -2.15. The van der Waals surface area contributed by atoms with Crippen LogP contribution in [0.2, 0.25) is 0 Å². The van der Waals surface area contributed by atoms with E-state index in [9.17, 15) is 4.79 Å². The number of nitrogens with one attached hydrogen (secondary N) is 1. The lowest BCUT2D eigenvalue weighted by Crippen LogP contribution is -2.34. The van der Waals surface area contributed by atoms with Gasteiger partial charge in [-0.3, -0.25) is 4.79 Å². The minimum absolute atomic E-state index is 0.181. The number of rotatable bonds is 0. The molecular weight excluding hydrogens is 170 g/mol. The van der Waals surface area contributed by atoms with E-state index in [-0.39, 0.29) is 5.91 Å². The highest BCUT2D eigenvalue weighted by Crippen LogP contribution is 2.10. The Morgan fingerprint density at radius 1 is 1.75 bits per heavy atom. The Balaban J connectivity index is 2.29. The Morgan fingerprint density at radius 2 is 2.50 bits per heavy atom. The smallest absolute Gasteiger partial charge is 0.220 e. The molecule has 0 aromatic heterocycles. The van der Waals surface area contributed by atoms with Crippen LogP contribution in [0.25, 0.3) is 0 Å². The van der Waals surface area contributed by atoms with Crippen LogP contribution in [0.15, 0.2) is 0 Å². The number of hydrogen-bond donors (Lipinski definition) is 1. The van der Waals surface area contributed by atoms with Crippen LogP contribution >= 0.6 is 15.9 Å². The fourth-order valence-electron chi connectivity index (χ4n) is 0.703. The normalized spacial score (nSPS) is 29.6. The van der Waals surface area contributed by atoms with Gasteiger partial charge in [0.25, 0.3) is 0 Å². The fraction of sp³-hybridized carbons (Fsp3) is 0.800. The monoisotopic (exact) mass is 177 g/mol. The summed E-state index contributed by atoms with van der Waals surface area (Å²) in [6, 6.07) is 0. The second-order valence-corrected chi connectivity index (χ2v) is 3.23. The number of alkyl halides is 1. The van der Waals surface area contributed by atoms with Gasteiger partial charge in [-0.25, -0.2) is 0 Å². The molecule has 1 aliphatic rings. The molecule has 1 fully saturated rings. The molecule has 1 N–H and O–H groups in total. The lowest BCUT2D eigenvalue weighted by molar-refractivity contribution is -0.122. The highest BCUT2D eigenvalue weighted by Gasteiger charge is 2.13. The first-order valence-electron chi connectivity index (χ1n) is 2.70. The van der Waals surface area contributed by atoms with Gasteiger partial charge in [-0.1, -0.05) is 15.9 Å². The molecule has 0 saturated carbocycles. The van der Waals surface area contributed by atoms with E-state index in [1.165, 1.54) is 0 Å². The molecule has 1 aliphatic heterocycles. The van der Waals surface area contributed by atoms with Crippen LogP contribution in [0.4, 0.5) is 0 Å². The van der Waals surface area contributed by atoms with Crippen molar-refractivity contribution in [1.29, 1.82) is 0 Å². The third-order valence-corrected chi connectivity index (χ3v) is 1.99. The molecule has 0 spiro atoms. The summed E-state index contributed by atoms with van der Waals surface area (Å²) >= 11 is 3.40. The van der Waals surface area contributed by atoms with Crippen molar-refractivity contribution < 1.29 is 4.79 Å². The standard InChI is InChI=1S/C5H8BrNO/c6-4-1-2-5(8)7-3-4/h4H,1-3H2,(H,7,8). The van der Waals surface area contributed by atoms with E-state index in [0.717, 1.165) is 13.0 Å². The molecule has 0 aliphatic carbocycles. The van der Waals surface area contributed by atoms with Crippen LogP contribution in [0.5, 0.6) is 0 Å². The first-order valence-corrected chi connectivity index (χ1v) is 3.61. The van der Waals surface area contributed by atoms with Gasteiger partial charge < -0.3 is 5.32 Å². The van der Waals surface area contributed by atoms with Crippen LogP contribution in [-0.2, 0) is 4.79 Å². The molecule has 1 heterocycles. The average Bonchev–Trinajstić information content (AvgIpc) is 1.77. The maximum atomic E-state index is 10.5. The van der Waals surface area contributed by atoms with Crippen molar-refractivity contribution >= 4 is 21.8 Å². The third-order valence-electron chi connectivity index (χ3n) is 1.21. The molecule has 1 unspecified atom stereocenters. The van der Waals surface area contributed by atoms with Crippen molar-refractivity contribution in [2.45, 2.75) is 17.7 Å². The largest absolute Gasteiger partial charge is 0.355 e. The Hall–Kier alpha value is -0.0500. The number of piperidine rings is 1. The summed E-state index contributed by atoms with van der Waals surface area (Å²) in [4.78, 5) is 11.0. The zero-order chi connectivity index (χ0) is 5.98. The minimum Gasteiger partial charge on any atom is -0.355 e. The maximum Gasteiger partial charge on any atom is 0.220 e. The molecule has 0 aromatic carbocycles. The van der Waals surface area contributed by atoms with E-state index in [1.807, 2.05) is 0 Å². The quantitative estimate of drug-likeness (QED) is 0.542. The van der Waals surface area contributed by atoms with Crippen molar-refractivity contribution in [3.05, 3.63) is 0 Å². The summed E-state index contributed by atoms with van der Waals surface area (Å²) < 4.78 is 0. The summed E-state index contributed by atoms with van der Waals surface area (Å²) in [5.74, 6) is 0.181. The summed E-state index contributed by atoms with van der Waals surface area (Å²) in [7, 11) is 0. The Morgan fingerprint density at radius 3 is 2.88 bits per heavy atom. The molecule has 1 saturated heterocycles. The molecule has 8 heavy (non-hydrogen) atoms. The lowest BCUT2D eigenvalue weighted by atomic mass is 10.2. The predicted molar refractivity (Wildman–Crippen MR) is 35.0 cm³/mol. The van der Waals surface area contributed by atoms with Crippen molar-refractivity contribution in [1.82, 2.24) is 5.32 Å². The van der Waals surface area contributed by atoms with Crippen LogP contribution in [0, 0.1) is 0 Å². The molecule has 1 amide bonds. The van der Waals surface area contributed by atoms with E-state index in [4.69, 9.17) is 0 Å². The molecule has 0 radical (unpaired) electrons. The van der Waals surface area contributed by atoms with Gasteiger partial charge in [0, 0.05) is 17.8 Å². The Bertz CT molecular complexity index is 94.6. The minimum atomic E-state index is 0.181. The summed E-state index contributed by atoms with van der Waals surface area (Å²) in [5.41, 5.74) is 0. The molecule has 46 valence electrons.